The zero-order valence-electron chi connectivity index (χ0n) is 16.8. The highest BCUT2D eigenvalue weighted by atomic mass is 16.5. The van der Waals surface area contributed by atoms with Gasteiger partial charge in [-0.15, -0.1) is 0 Å². The van der Waals surface area contributed by atoms with Gasteiger partial charge in [0, 0.05) is 31.0 Å². The smallest absolute Gasteiger partial charge is 0.227 e. The van der Waals surface area contributed by atoms with Crippen LogP contribution in [-0.4, -0.2) is 29.3 Å². The number of aromatic nitrogens is 2. The summed E-state index contributed by atoms with van der Waals surface area (Å²) in [6, 6.07) is 16.2. The number of para-hydroxylation sites is 1. The van der Waals surface area contributed by atoms with Crippen molar-refractivity contribution in [3.05, 3.63) is 77.1 Å². The van der Waals surface area contributed by atoms with E-state index in [1.165, 1.54) is 5.56 Å². The Morgan fingerprint density at radius 3 is 2.70 bits per heavy atom. The summed E-state index contributed by atoms with van der Waals surface area (Å²) in [5, 5.41) is 15.3. The maximum Gasteiger partial charge on any atom is 0.227 e. The fraction of sp³-hybridized carbons (Fsp3) is 0.208. The van der Waals surface area contributed by atoms with Gasteiger partial charge in [0.1, 0.15) is 5.75 Å². The van der Waals surface area contributed by atoms with Crippen LogP contribution in [0, 0.1) is 5.41 Å². The molecule has 0 saturated carbocycles. The fourth-order valence-corrected chi connectivity index (χ4v) is 4.12. The lowest BCUT2D eigenvalue weighted by Crippen LogP contribution is -2.20. The zero-order valence-corrected chi connectivity index (χ0v) is 16.8. The molecule has 1 aliphatic carbocycles. The summed E-state index contributed by atoms with van der Waals surface area (Å²) in [4.78, 5) is 9.38. The topological polar surface area (TPSA) is 82.9 Å². The number of nitrogens with zero attached hydrogens (tertiary/aromatic N) is 2. The molecule has 0 spiro atoms. The van der Waals surface area contributed by atoms with Crippen LogP contribution in [0.2, 0.25) is 0 Å². The number of aryl methyl sites for hydroxylation is 1. The normalized spacial score (nSPS) is 16.4. The van der Waals surface area contributed by atoms with E-state index in [1.54, 1.807) is 0 Å². The Hall–Kier alpha value is -3.67. The van der Waals surface area contributed by atoms with Gasteiger partial charge in [-0.25, -0.2) is 9.97 Å². The third-order valence-corrected chi connectivity index (χ3v) is 5.57. The molecule has 6 heteroatoms. The maximum atomic E-state index is 8.65. The first kappa shape index (κ1) is 18.4. The summed E-state index contributed by atoms with van der Waals surface area (Å²) in [6.45, 7) is 0.700. The van der Waals surface area contributed by atoms with E-state index < -0.39 is 0 Å². The van der Waals surface area contributed by atoms with E-state index in [9.17, 15) is 0 Å². The molecule has 0 fully saturated rings. The summed E-state index contributed by atoms with van der Waals surface area (Å²) in [5.41, 5.74) is 7.31. The molecule has 0 atom stereocenters. The number of nitrogens with one attached hydrogen (secondary N) is 3. The minimum absolute atomic E-state index is 0.508. The van der Waals surface area contributed by atoms with E-state index in [0.717, 1.165) is 52.4 Å². The molecule has 0 saturated heterocycles. The number of benzene rings is 2. The second kappa shape index (κ2) is 7.63. The van der Waals surface area contributed by atoms with Crippen molar-refractivity contribution in [2.24, 2.45) is 0 Å². The van der Waals surface area contributed by atoms with Crippen LogP contribution >= 0.6 is 0 Å². The van der Waals surface area contributed by atoms with Gasteiger partial charge in [0.2, 0.25) is 5.95 Å². The minimum Gasteiger partial charge on any atom is -0.491 e. The van der Waals surface area contributed by atoms with Gasteiger partial charge in [-0.3, -0.25) is 0 Å². The fourth-order valence-electron chi connectivity index (χ4n) is 4.12. The summed E-state index contributed by atoms with van der Waals surface area (Å²) in [7, 11) is 1.89. The quantitative estimate of drug-likeness (QED) is 0.614. The number of fused-ring (bicyclic) bond motifs is 2. The average Bonchev–Trinajstić information content (AvgIpc) is 3.26. The molecule has 0 bridgehead atoms. The monoisotopic (exact) mass is 397 g/mol. The third kappa shape index (κ3) is 3.20. The molecule has 3 N–H and O–H groups in total. The highest BCUT2D eigenvalue weighted by Crippen LogP contribution is 2.36. The van der Waals surface area contributed by atoms with Crippen LogP contribution in [0.25, 0.3) is 11.3 Å². The van der Waals surface area contributed by atoms with Gasteiger partial charge < -0.3 is 20.8 Å². The van der Waals surface area contributed by atoms with E-state index in [2.05, 4.69) is 21.7 Å². The Balaban J connectivity index is 1.59. The highest BCUT2D eigenvalue weighted by molar-refractivity contribution is 6.29. The summed E-state index contributed by atoms with van der Waals surface area (Å²) < 4.78 is 5.79. The van der Waals surface area contributed by atoms with E-state index in [1.807, 2.05) is 55.7 Å². The van der Waals surface area contributed by atoms with Crippen LogP contribution in [-0.2, 0) is 12.8 Å². The van der Waals surface area contributed by atoms with Gasteiger partial charge in [0.05, 0.1) is 23.7 Å². The minimum atomic E-state index is 0.508. The van der Waals surface area contributed by atoms with Crippen LogP contribution < -0.4 is 15.4 Å². The number of hydrogen-bond donors (Lipinski definition) is 3. The largest absolute Gasteiger partial charge is 0.491 e. The van der Waals surface area contributed by atoms with Gasteiger partial charge in [0.25, 0.3) is 0 Å². The molecule has 0 unspecified atom stereocenters. The van der Waals surface area contributed by atoms with Gasteiger partial charge in [0.15, 0.2) is 0 Å². The van der Waals surface area contributed by atoms with Crippen LogP contribution in [0.3, 0.4) is 0 Å². The van der Waals surface area contributed by atoms with Crippen molar-refractivity contribution in [2.45, 2.75) is 19.3 Å². The van der Waals surface area contributed by atoms with Gasteiger partial charge in [-0.05, 0) is 35.6 Å². The number of ether oxygens (including phenoxy) is 1. The second-order valence-corrected chi connectivity index (χ2v) is 7.43. The lowest BCUT2D eigenvalue weighted by atomic mass is 9.87. The van der Waals surface area contributed by atoms with Crippen molar-refractivity contribution in [3.63, 3.8) is 0 Å². The molecule has 30 heavy (non-hydrogen) atoms. The Labute approximate surface area is 175 Å². The number of hydrogen-bond acceptors (Lipinski definition) is 6. The Morgan fingerprint density at radius 2 is 1.87 bits per heavy atom. The lowest BCUT2D eigenvalue weighted by molar-refractivity contribution is 0.358. The van der Waals surface area contributed by atoms with Crippen LogP contribution in [0.5, 0.6) is 5.75 Å². The molecular formula is C24H23N5O. The molecule has 1 aromatic heterocycles. The van der Waals surface area contributed by atoms with Gasteiger partial charge >= 0.3 is 0 Å². The summed E-state index contributed by atoms with van der Waals surface area (Å²) >= 11 is 0. The number of rotatable bonds is 4. The van der Waals surface area contributed by atoms with Crippen molar-refractivity contribution >= 4 is 28.6 Å². The average molecular weight is 397 g/mol. The number of allylic oxidation sites excluding steroid dienone is 1. The Morgan fingerprint density at radius 1 is 1.00 bits per heavy atom. The van der Waals surface area contributed by atoms with Crippen molar-refractivity contribution in [1.82, 2.24) is 15.3 Å². The molecule has 3 aromatic rings. The van der Waals surface area contributed by atoms with E-state index in [-0.39, 0.29) is 0 Å². The first-order valence-electron chi connectivity index (χ1n) is 10.2. The van der Waals surface area contributed by atoms with Crippen LogP contribution in [0.15, 0.2) is 54.7 Å². The molecule has 0 amide bonds. The lowest BCUT2D eigenvalue weighted by Gasteiger charge is -2.23. The molecule has 1 aliphatic heterocycles. The van der Waals surface area contributed by atoms with E-state index >= 15 is 0 Å². The predicted octanol–water partition coefficient (Wildman–Crippen LogP) is 4.21. The SMILES string of the molecule is CN/C(=C1\C(=N)CCc2cnc(Nc3cccc4c3OCC4)nc21)c1ccccc1. The van der Waals surface area contributed by atoms with E-state index in [4.69, 9.17) is 15.1 Å². The molecular weight excluding hydrogens is 374 g/mol. The Kier molecular flexibility index (Phi) is 4.67. The predicted molar refractivity (Wildman–Crippen MR) is 119 cm³/mol. The van der Waals surface area contributed by atoms with Crippen LogP contribution in [0.1, 0.15) is 28.8 Å². The standard InChI is InChI=1S/C24H23N5O/c1-26-21(15-6-3-2-4-7-15)20-18(25)11-10-17-14-27-24(29-22(17)20)28-19-9-5-8-16-12-13-30-23(16)19/h2-9,14,25-26H,10-13H2,1H3,(H,27,28,29)/b21-20+,25-18?. The number of anilines is 2. The Bertz CT molecular complexity index is 1150. The first-order valence-corrected chi connectivity index (χ1v) is 10.2. The van der Waals surface area contributed by atoms with Crippen LogP contribution in [0.4, 0.5) is 11.6 Å². The molecule has 2 heterocycles. The van der Waals surface area contributed by atoms with Crippen molar-refractivity contribution in [3.8, 4) is 5.75 Å². The molecule has 0 radical (unpaired) electrons. The highest BCUT2D eigenvalue weighted by Gasteiger charge is 2.25. The third-order valence-electron chi connectivity index (χ3n) is 5.57. The summed E-state index contributed by atoms with van der Waals surface area (Å²) in [5.74, 6) is 1.39. The molecule has 2 aliphatic rings. The molecule has 150 valence electrons. The van der Waals surface area contributed by atoms with E-state index in [0.29, 0.717) is 24.7 Å². The maximum absolute atomic E-state index is 8.65. The van der Waals surface area contributed by atoms with Crippen molar-refractivity contribution in [1.29, 1.82) is 5.41 Å². The molecule has 6 nitrogen and oxygen atoms in total. The van der Waals surface area contributed by atoms with Gasteiger partial charge in [-0.1, -0.05) is 42.5 Å². The van der Waals surface area contributed by atoms with Gasteiger partial charge in [-0.2, -0.15) is 0 Å². The first-order chi connectivity index (χ1) is 14.7. The summed E-state index contributed by atoms with van der Waals surface area (Å²) in [6.07, 6.45) is 4.24. The van der Waals surface area contributed by atoms with Crippen molar-refractivity contribution < 1.29 is 4.74 Å². The second-order valence-electron chi connectivity index (χ2n) is 7.43. The molecule has 5 rings (SSSR count). The zero-order chi connectivity index (χ0) is 20.5. The van der Waals surface area contributed by atoms with Crippen molar-refractivity contribution in [2.75, 3.05) is 19.0 Å². The molecule has 2 aromatic carbocycles.